The highest BCUT2D eigenvalue weighted by Crippen LogP contribution is 2.31. The smallest absolute Gasteiger partial charge is 0.305 e. The van der Waals surface area contributed by atoms with Crippen molar-refractivity contribution in [2.75, 3.05) is 13.6 Å². The van der Waals surface area contributed by atoms with Crippen molar-refractivity contribution in [3.8, 4) is 0 Å². The standard InChI is InChI=1S/C17H25N3O3/c1-20(12-14-6-5-9-18-11-14)13-15(21)19-17(10-16(22)23)7-3-2-4-8-17/h5-6,9,11H,2-4,7-8,10,12-13H2,1H3,(H,19,21)(H,22,23). The van der Waals surface area contributed by atoms with Gasteiger partial charge in [-0.05, 0) is 31.5 Å². The molecule has 1 aromatic heterocycles. The molecule has 23 heavy (non-hydrogen) atoms. The average molecular weight is 319 g/mol. The zero-order chi connectivity index (χ0) is 16.7. The number of pyridine rings is 1. The summed E-state index contributed by atoms with van der Waals surface area (Å²) in [5, 5.41) is 12.2. The summed E-state index contributed by atoms with van der Waals surface area (Å²) < 4.78 is 0. The topological polar surface area (TPSA) is 82.5 Å². The Balaban J connectivity index is 1.89. The van der Waals surface area contributed by atoms with Crippen LogP contribution in [0.4, 0.5) is 0 Å². The number of hydrogen-bond donors (Lipinski definition) is 2. The van der Waals surface area contributed by atoms with Gasteiger partial charge in [0.1, 0.15) is 0 Å². The molecule has 0 aliphatic heterocycles. The lowest BCUT2D eigenvalue weighted by Gasteiger charge is -2.37. The molecule has 0 atom stereocenters. The second-order valence-corrected chi connectivity index (χ2v) is 6.49. The fraction of sp³-hybridized carbons (Fsp3) is 0.588. The molecule has 6 nitrogen and oxygen atoms in total. The van der Waals surface area contributed by atoms with E-state index in [0.717, 1.165) is 37.7 Å². The Kier molecular flexibility index (Phi) is 6.10. The predicted octanol–water partition coefficient (Wildman–Crippen LogP) is 1.81. The van der Waals surface area contributed by atoms with Gasteiger partial charge in [-0.3, -0.25) is 19.5 Å². The van der Waals surface area contributed by atoms with Crippen LogP contribution < -0.4 is 5.32 Å². The van der Waals surface area contributed by atoms with E-state index in [1.165, 1.54) is 0 Å². The molecule has 1 aliphatic carbocycles. The van der Waals surface area contributed by atoms with Crippen molar-refractivity contribution in [1.29, 1.82) is 0 Å². The molecule has 126 valence electrons. The maximum absolute atomic E-state index is 12.3. The van der Waals surface area contributed by atoms with Gasteiger partial charge in [-0.25, -0.2) is 0 Å². The lowest BCUT2D eigenvalue weighted by molar-refractivity contribution is -0.139. The number of carboxylic acids is 1. The Morgan fingerprint density at radius 2 is 2.09 bits per heavy atom. The second kappa shape index (κ2) is 8.06. The van der Waals surface area contributed by atoms with Gasteiger partial charge in [-0.1, -0.05) is 25.3 Å². The lowest BCUT2D eigenvalue weighted by atomic mass is 9.79. The molecule has 0 saturated heterocycles. The van der Waals surface area contributed by atoms with Crippen molar-refractivity contribution in [2.45, 2.75) is 50.6 Å². The Labute approximate surface area is 136 Å². The third-order valence-corrected chi connectivity index (χ3v) is 4.29. The van der Waals surface area contributed by atoms with E-state index >= 15 is 0 Å². The second-order valence-electron chi connectivity index (χ2n) is 6.49. The highest BCUT2D eigenvalue weighted by Gasteiger charge is 2.35. The zero-order valence-corrected chi connectivity index (χ0v) is 13.6. The van der Waals surface area contributed by atoms with Crippen molar-refractivity contribution >= 4 is 11.9 Å². The first-order chi connectivity index (χ1) is 11.0. The summed E-state index contributed by atoms with van der Waals surface area (Å²) in [4.78, 5) is 29.5. The molecule has 1 heterocycles. The fourth-order valence-electron chi connectivity index (χ4n) is 3.30. The van der Waals surface area contributed by atoms with E-state index in [9.17, 15) is 9.59 Å². The van der Waals surface area contributed by atoms with Crippen LogP contribution in [0.25, 0.3) is 0 Å². The predicted molar refractivity (Wildman–Crippen MR) is 86.8 cm³/mol. The van der Waals surface area contributed by atoms with Crippen LogP contribution in [0.1, 0.15) is 44.1 Å². The van der Waals surface area contributed by atoms with E-state index in [4.69, 9.17) is 5.11 Å². The minimum Gasteiger partial charge on any atom is -0.481 e. The molecule has 2 rings (SSSR count). The third kappa shape index (κ3) is 5.63. The fourth-order valence-corrected chi connectivity index (χ4v) is 3.30. The van der Waals surface area contributed by atoms with Crippen LogP contribution in [0.5, 0.6) is 0 Å². The number of likely N-dealkylation sites (N-methyl/N-ethyl adjacent to an activating group) is 1. The molecular weight excluding hydrogens is 294 g/mol. The normalized spacial score (nSPS) is 17.0. The van der Waals surface area contributed by atoms with Crippen molar-refractivity contribution in [3.05, 3.63) is 30.1 Å². The molecule has 0 unspecified atom stereocenters. The van der Waals surface area contributed by atoms with E-state index in [-0.39, 0.29) is 18.9 Å². The van der Waals surface area contributed by atoms with Crippen LogP contribution in [0, 0.1) is 0 Å². The Hall–Kier alpha value is -1.95. The number of aromatic nitrogens is 1. The summed E-state index contributed by atoms with van der Waals surface area (Å²) in [7, 11) is 1.87. The van der Waals surface area contributed by atoms with Crippen LogP contribution in [0.2, 0.25) is 0 Å². The highest BCUT2D eigenvalue weighted by atomic mass is 16.4. The summed E-state index contributed by atoms with van der Waals surface area (Å²) in [6.07, 6.45) is 8.05. The van der Waals surface area contributed by atoms with Gasteiger partial charge in [-0.15, -0.1) is 0 Å². The number of carboxylic acid groups (broad SMARTS) is 1. The van der Waals surface area contributed by atoms with Crippen LogP contribution in [-0.2, 0) is 16.1 Å². The van der Waals surface area contributed by atoms with Gasteiger partial charge in [0.2, 0.25) is 5.91 Å². The molecule has 0 spiro atoms. The van der Waals surface area contributed by atoms with E-state index in [1.54, 1.807) is 12.4 Å². The molecule has 1 fully saturated rings. The molecule has 0 bridgehead atoms. The zero-order valence-electron chi connectivity index (χ0n) is 13.6. The minimum atomic E-state index is -0.851. The monoisotopic (exact) mass is 319 g/mol. The maximum Gasteiger partial charge on any atom is 0.305 e. The van der Waals surface area contributed by atoms with Crippen LogP contribution >= 0.6 is 0 Å². The van der Waals surface area contributed by atoms with Gasteiger partial charge in [0.25, 0.3) is 0 Å². The van der Waals surface area contributed by atoms with Crippen molar-refractivity contribution in [2.24, 2.45) is 0 Å². The Morgan fingerprint density at radius 3 is 2.70 bits per heavy atom. The molecule has 1 aliphatic rings. The van der Waals surface area contributed by atoms with Gasteiger partial charge in [0.05, 0.1) is 18.5 Å². The molecule has 6 heteroatoms. The van der Waals surface area contributed by atoms with Crippen LogP contribution in [0.15, 0.2) is 24.5 Å². The Morgan fingerprint density at radius 1 is 1.35 bits per heavy atom. The van der Waals surface area contributed by atoms with E-state index in [0.29, 0.717) is 6.54 Å². The van der Waals surface area contributed by atoms with Crippen molar-refractivity contribution in [3.63, 3.8) is 0 Å². The summed E-state index contributed by atoms with van der Waals surface area (Å²) >= 11 is 0. The molecular formula is C17H25N3O3. The maximum atomic E-state index is 12.3. The number of aliphatic carboxylic acids is 1. The third-order valence-electron chi connectivity index (χ3n) is 4.29. The largest absolute Gasteiger partial charge is 0.481 e. The quantitative estimate of drug-likeness (QED) is 0.801. The van der Waals surface area contributed by atoms with Crippen LogP contribution in [-0.4, -0.2) is 46.0 Å². The summed E-state index contributed by atoms with van der Waals surface area (Å²) in [5.74, 6) is -0.963. The minimum absolute atomic E-state index is 0.00502. The van der Waals surface area contributed by atoms with Gasteiger partial charge < -0.3 is 10.4 Å². The lowest BCUT2D eigenvalue weighted by Crippen LogP contribution is -2.53. The van der Waals surface area contributed by atoms with Crippen LogP contribution in [0.3, 0.4) is 0 Å². The summed E-state index contributed by atoms with van der Waals surface area (Å²) in [5.41, 5.74) is 0.469. The number of nitrogens with one attached hydrogen (secondary N) is 1. The average Bonchev–Trinajstić information content (AvgIpc) is 2.47. The number of rotatable bonds is 7. The van der Waals surface area contributed by atoms with E-state index in [2.05, 4.69) is 10.3 Å². The molecule has 1 saturated carbocycles. The summed E-state index contributed by atoms with van der Waals surface area (Å²) in [6.45, 7) is 0.878. The molecule has 1 amide bonds. The van der Waals surface area contributed by atoms with Gasteiger partial charge >= 0.3 is 5.97 Å². The van der Waals surface area contributed by atoms with Gasteiger partial charge in [0.15, 0.2) is 0 Å². The van der Waals surface area contributed by atoms with Gasteiger partial charge in [-0.2, -0.15) is 0 Å². The Bertz CT molecular complexity index is 527. The number of carbonyl (C=O) groups is 2. The molecule has 0 radical (unpaired) electrons. The molecule has 2 N–H and O–H groups in total. The number of amides is 1. The summed E-state index contributed by atoms with van der Waals surface area (Å²) in [6, 6.07) is 3.83. The number of nitrogens with zero attached hydrogens (tertiary/aromatic N) is 2. The SMILES string of the molecule is CN(CC(=O)NC1(CC(=O)O)CCCCC1)Cc1cccnc1. The van der Waals surface area contributed by atoms with E-state index in [1.807, 2.05) is 24.1 Å². The van der Waals surface area contributed by atoms with Gasteiger partial charge in [0, 0.05) is 18.9 Å². The molecule has 0 aromatic carbocycles. The first-order valence-corrected chi connectivity index (χ1v) is 8.09. The molecule has 1 aromatic rings. The van der Waals surface area contributed by atoms with Crippen molar-refractivity contribution in [1.82, 2.24) is 15.2 Å². The number of carbonyl (C=O) groups excluding carboxylic acids is 1. The van der Waals surface area contributed by atoms with Crippen molar-refractivity contribution < 1.29 is 14.7 Å². The highest BCUT2D eigenvalue weighted by molar-refractivity contribution is 5.80. The first kappa shape index (κ1) is 17.4. The number of hydrogen-bond acceptors (Lipinski definition) is 4. The van der Waals surface area contributed by atoms with E-state index < -0.39 is 11.5 Å². The first-order valence-electron chi connectivity index (χ1n) is 8.09.